The maximum Gasteiger partial charge on any atom is 0.255 e. The number of nitrogens with zero attached hydrogens (tertiary/aromatic N) is 1. The van der Waals surface area contributed by atoms with Crippen LogP contribution in [-0.2, 0) is 4.79 Å². The molecule has 1 saturated heterocycles. The Labute approximate surface area is 184 Å². The molecule has 0 bridgehead atoms. The molecule has 0 radical (unpaired) electrons. The van der Waals surface area contributed by atoms with Crippen LogP contribution in [0.1, 0.15) is 26.9 Å². The van der Waals surface area contributed by atoms with Gasteiger partial charge in [0, 0.05) is 11.3 Å². The highest BCUT2D eigenvalue weighted by Crippen LogP contribution is 2.45. The van der Waals surface area contributed by atoms with E-state index in [2.05, 4.69) is 5.32 Å². The van der Waals surface area contributed by atoms with Crippen LogP contribution in [0.3, 0.4) is 0 Å². The molecular weight excluding hydrogens is 415 g/mol. The van der Waals surface area contributed by atoms with Crippen molar-refractivity contribution in [2.45, 2.75) is 12.3 Å². The number of anilines is 2. The molecule has 2 amide bonds. The van der Waals surface area contributed by atoms with Gasteiger partial charge in [0.2, 0.25) is 5.91 Å². The number of thioether (sulfide) groups is 1. The predicted octanol–water partition coefficient (Wildman–Crippen LogP) is 5.17. The Morgan fingerprint density at radius 3 is 2.48 bits per heavy atom. The number of hydrogen-bond donors (Lipinski definition) is 1. The van der Waals surface area contributed by atoms with Crippen molar-refractivity contribution in [1.82, 2.24) is 0 Å². The summed E-state index contributed by atoms with van der Waals surface area (Å²) in [5.74, 6) is 0.344. The van der Waals surface area contributed by atoms with Gasteiger partial charge in [-0.15, -0.1) is 11.8 Å². The molecule has 1 atom stereocenters. The third-order valence-corrected chi connectivity index (χ3v) is 6.23. The lowest BCUT2D eigenvalue weighted by molar-refractivity contribution is -0.115. The molecule has 0 spiro atoms. The van der Waals surface area contributed by atoms with Crippen LogP contribution in [0.2, 0.25) is 0 Å². The monoisotopic (exact) mass is 436 g/mol. The zero-order chi connectivity index (χ0) is 22.0. The highest BCUT2D eigenvalue weighted by atomic mass is 32.2. The van der Waals surface area contributed by atoms with Gasteiger partial charge in [0.05, 0.1) is 18.6 Å². The van der Waals surface area contributed by atoms with Gasteiger partial charge in [-0.25, -0.2) is 4.39 Å². The third kappa shape index (κ3) is 4.41. The summed E-state index contributed by atoms with van der Waals surface area (Å²) < 4.78 is 18.5. The maximum absolute atomic E-state index is 13.1. The van der Waals surface area contributed by atoms with Gasteiger partial charge < -0.3 is 10.1 Å². The van der Waals surface area contributed by atoms with Gasteiger partial charge in [0.25, 0.3) is 5.91 Å². The average molecular weight is 437 g/mol. The first-order valence-corrected chi connectivity index (χ1v) is 10.8. The van der Waals surface area contributed by atoms with Crippen molar-refractivity contribution in [3.63, 3.8) is 0 Å². The Kier molecular flexibility index (Phi) is 5.95. The van der Waals surface area contributed by atoms with Crippen molar-refractivity contribution < 1.29 is 18.7 Å². The van der Waals surface area contributed by atoms with Crippen molar-refractivity contribution in [2.75, 3.05) is 23.1 Å². The largest absolute Gasteiger partial charge is 0.495 e. The first kappa shape index (κ1) is 20.9. The summed E-state index contributed by atoms with van der Waals surface area (Å²) in [5, 5.41) is 2.61. The van der Waals surface area contributed by atoms with E-state index in [1.165, 1.54) is 24.3 Å². The molecule has 0 saturated carbocycles. The van der Waals surface area contributed by atoms with Crippen LogP contribution in [0.4, 0.5) is 15.8 Å². The Morgan fingerprint density at radius 2 is 1.81 bits per heavy atom. The van der Waals surface area contributed by atoms with E-state index in [0.717, 1.165) is 16.8 Å². The fourth-order valence-corrected chi connectivity index (χ4v) is 4.62. The van der Waals surface area contributed by atoms with Crippen molar-refractivity contribution >= 4 is 35.0 Å². The van der Waals surface area contributed by atoms with Crippen molar-refractivity contribution in [1.29, 1.82) is 0 Å². The van der Waals surface area contributed by atoms with Gasteiger partial charge >= 0.3 is 0 Å². The Morgan fingerprint density at radius 1 is 1.10 bits per heavy atom. The number of halogens is 1. The van der Waals surface area contributed by atoms with E-state index in [-0.39, 0.29) is 23.0 Å². The zero-order valence-electron chi connectivity index (χ0n) is 17.1. The van der Waals surface area contributed by atoms with Gasteiger partial charge in [-0.05, 0) is 66.6 Å². The SMILES string of the molecule is COc1ccc(C)cc1N1C(=O)CSC1c1ccc(NC(=O)c2ccc(F)cc2)cc1. The van der Waals surface area contributed by atoms with E-state index < -0.39 is 0 Å². The lowest BCUT2D eigenvalue weighted by atomic mass is 10.1. The molecule has 3 aromatic carbocycles. The van der Waals surface area contributed by atoms with Crippen LogP contribution < -0.4 is 15.0 Å². The van der Waals surface area contributed by atoms with Gasteiger partial charge in [-0.3, -0.25) is 14.5 Å². The molecule has 1 unspecified atom stereocenters. The number of benzene rings is 3. The molecule has 1 aliphatic heterocycles. The predicted molar refractivity (Wildman–Crippen MR) is 121 cm³/mol. The minimum atomic E-state index is -0.390. The average Bonchev–Trinajstić information content (AvgIpc) is 3.16. The minimum absolute atomic E-state index is 0.0209. The Bertz CT molecular complexity index is 1120. The summed E-state index contributed by atoms with van der Waals surface area (Å²) in [6.07, 6.45) is 0. The molecular formula is C24H21FN2O3S. The Hall–Kier alpha value is -3.32. The van der Waals surface area contributed by atoms with Crippen LogP contribution in [0, 0.1) is 12.7 Å². The van der Waals surface area contributed by atoms with E-state index in [9.17, 15) is 14.0 Å². The molecule has 31 heavy (non-hydrogen) atoms. The van der Waals surface area contributed by atoms with Gasteiger partial charge in [0.1, 0.15) is 16.9 Å². The second-order valence-electron chi connectivity index (χ2n) is 7.19. The second kappa shape index (κ2) is 8.81. The van der Waals surface area contributed by atoms with Crippen LogP contribution in [0.15, 0.2) is 66.7 Å². The summed E-state index contributed by atoms with van der Waals surface area (Å²) in [6.45, 7) is 1.98. The first-order valence-electron chi connectivity index (χ1n) is 9.71. The summed E-state index contributed by atoms with van der Waals surface area (Å²) in [7, 11) is 1.59. The molecule has 3 aromatic rings. The molecule has 5 nitrogen and oxygen atoms in total. The molecule has 1 heterocycles. The number of rotatable bonds is 5. The number of nitrogens with one attached hydrogen (secondary N) is 1. The van der Waals surface area contributed by atoms with Crippen LogP contribution >= 0.6 is 11.8 Å². The standard InChI is InChI=1S/C24H21FN2O3S/c1-15-3-12-21(30-2)20(13-15)27-22(28)14-31-24(27)17-6-10-19(11-7-17)26-23(29)16-4-8-18(25)9-5-16/h3-13,24H,14H2,1-2H3,(H,26,29). The minimum Gasteiger partial charge on any atom is -0.495 e. The highest BCUT2D eigenvalue weighted by molar-refractivity contribution is 8.00. The van der Waals surface area contributed by atoms with Crippen LogP contribution in [0.25, 0.3) is 0 Å². The van der Waals surface area contributed by atoms with E-state index in [1.807, 2.05) is 37.3 Å². The smallest absolute Gasteiger partial charge is 0.255 e. The van der Waals surface area contributed by atoms with Crippen LogP contribution in [0.5, 0.6) is 5.75 Å². The lowest BCUT2D eigenvalue weighted by Gasteiger charge is -2.26. The first-order chi connectivity index (χ1) is 15.0. The van der Waals surface area contributed by atoms with Gasteiger partial charge in [-0.1, -0.05) is 18.2 Å². The highest BCUT2D eigenvalue weighted by Gasteiger charge is 2.35. The number of carbonyl (C=O) groups excluding carboxylic acids is 2. The zero-order valence-corrected chi connectivity index (χ0v) is 17.9. The van der Waals surface area contributed by atoms with Gasteiger partial charge in [0.15, 0.2) is 0 Å². The second-order valence-corrected chi connectivity index (χ2v) is 8.25. The number of carbonyl (C=O) groups is 2. The number of methoxy groups -OCH3 is 1. The van der Waals surface area contributed by atoms with Crippen LogP contribution in [-0.4, -0.2) is 24.7 Å². The quantitative estimate of drug-likeness (QED) is 0.599. The normalized spacial score (nSPS) is 15.8. The molecule has 158 valence electrons. The lowest BCUT2D eigenvalue weighted by Crippen LogP contribution is -2.28. The van der Waals surface area contributed by atoms with E-state index in [1.54, 1.807) is 35.9 Å². The van der Waals surface area contributed by atoms with E-state index in [4.69, 9.17) is 4.74 Å². The number of hydrogen-bond acceptors (Lipinski definition) is 4. The number of amides is 2. The fourth-order valence-electron chi connectivity index (χ4n) is 3.45. The molecule has 1 fully saturated rings. The van der Waals surface area contributed by atoms with Gasteiger partial charge in [-0.2, -0.15) is 0 Å². The molecule has 7 heteroatoms. The van der Waals surface area contributed by atoms with Crippen molar-refractivity contribution in [2.24, 2.45) is 0 Å². The molecule has 1 aliphatic rings. The third-order valence-electron chi connectivity index (χ3n) is 5.02. The molecule has 4 rings (SSSR count). The number of aryl methyl sites for hydroxylation is 1. The van der Waals surface area contributed by atoms with E-state index >= 15 is 0 Å². The molecule has 0 aromatic heterocycles. The summed E-state index contributed by atoms with van der Waals surface area (Å²) in [5.41, 5.74) is 3.72. The van der Waals surface area contributed by atoms with Crippen molar-refractivity contribution in [3.8, 4) is 5.75 Å². The summed E-state index contributed by atoms with van der Waals surface area (Å²) in [6, 6.07) is 18.5. The van der Waals surface area contributed by atoms with E-state index in [0.29, 0.717) is 22.8 Å². The summed E-state index contributed by atoms with van der Waals surface area (Å²) >= 11 is 1.55. The maximum atomic E-state index is 13.1. The topological polar surface area (TPSA) is 58.6 Å². The Balaban J connectivity index is 1.55. The van der Waals surface area contributed by atoms with Crippen molar-refractivity contribution in [3.05, 3.63) is 89.2 Å². The molecule has 1 N–H and O–H groups in total. The molecule has 0 aliphatic carbocycles. The number of ether oxygens (including phenoxy) is 1. The summed E-state index contributed by atoms with van der Waals surface area (Å²) in [4.78, 5) is 26.8. The fraction of sp³-hybridized carbons (Fsp3) is 0.167.